The van der Waals surface area contributed by atoms with E-state index in [0.29, 0.717) is 42.9 Å². The van der Waals surface area contributed by atoms with Gasteiger partial charge in [0.2, 0.25) is 5.88 Å². The van der Waals surface area contributed by atoms with Crippen molar-refractivity contribution in [1.29, 1.82) is 0 Å². The summed E-state index contributed by atoms with van der Waals surface area (Å²) in [6.07, 6.45) is 3.02. The van der Waals surface area contributed by atoms with Crippen LogP contribution in [0.2, 0.25) is 0 Å². The van der Waals surface area contributed by atoms with Gasteiger partial charge in [0.15, 0.2) is 0 Å². The number of aromatic nitrogens is 2. The van der Waals surface area contributed by atoms with E-state index in [1.165, 1.54) is 0 Å². The molecule has 0 amide bonds. The van der Waals surface area contributed by atoms with Gasteiger partial charge in [-0.05, 0) is 45.4 Å². The van der Waals surface area contributed by atoms with Gasteiger partial charge in [0.05, 0.1) is 6.61 Å². The summed E-state index contributed by atoms with van der Waals surface area (Å²) in [7, 11) is 0. The Bertz CT molecular complexity index is 511. The summed E-state index contributed by atoms with van der Waals surface area (Å²) < 4.78 is 5.39. The van der Waals surface area contributed by atoms with Crippen LogP contribution < -0.4 is 10.1 Å². The Kier molecular flexibility index (Phi) is 4.65. The van der Waals surface area contributed by atoms with E-state index in [2.05, 4.69) is 22.2 Å². The lowest BCUT2D eigenvalue weighted by Crippen LogP contribution is -2.49. The number of hydrogen-bond donors (Lipinski definition) is 2. The SMILES string of the molecule is CCOc1cc(NC2(C(=O)O)CCC(C)CC2)nc(C)n1. The number of nitrogens with one attached hydrogen (secondary N) is 1. The fraction of sp³-hybridized carbons (Fsp3) is 0.667. The third-order valence-corrected chi connectivity index (χ3v) is 4.01. The Hall–Kier alpha value is -1.85. The van der Waals surface area contributed by atoms with Gasteiger partial charge in [0.25, 0.3) is 0 Å². The molecule has 1 aliphatic carbocycles. The molecule has 0 radical (unpaired) electrons. The highest BCUT2D eigenvalue weighted by Crippen LogP contribution is 2.35. The van der Waals surface area contributed by atoms with E-state index in [0.717, 1.165) is 12.8 Å². The molecule has 1 heterocycles. The molecule has 6 nitrogen and oxygen atoms in total. The number of carboxylic acids is 1. The molecule has 116 valence electrons. The Morgan fingerprint density at radius 2 is 2.14 bits per heavy atom. The number of anilines is 1. The van der Waals surface area contributed by atoms with Crippen LogP contribution in [0.5, 0.6) is 5.88 Å². The van der Waals surface area contributed by atoms with Crippen LogP contribution in [0.3, 0.4) is 0 Å². The number of carboxylic acid groups (broad SMARTS) is 1. The van der Waals surface area contributed by atoms with E-state index in [-0.39, 0.29) is 0 Å². The summed E-state index contributed by atoms with van der Waals surface area (Å²) in [5.41, 5.74) is -0.934. The smallest absolute Gasteiger partial charge is 0.329 e. The first-order valence-electron chi connectivity index (χ1n) is 7.45. The number of rotatable bonds is 5. The maximum atomic E-state index is 11.7. The van der Waals surface area contributed by atoms with Crippen molar-refractivity contribution in [2.24, 2.45) is 5.92 Å². The number of ether oxygens (including phenoxy) is 1. The third kappa shape index (κ3) is 3.62. The first-order chi connectivity index (χ1) is 9.95. The molecule has 0 atom stereocenters. The molecule has 0 aromatic carbocycles. The standard InChI is InChI=1S/C15H23N3O3/c1-4-21-13-9-12(16-11(3)17-13)18-15(14(19)20)7-5-10(2)6-8-15/h9-10H,4-8H2,1-3H3,(H,19,20)(H,16,17,18). The van der Waals surface area contributed by atoms with Gasteiger partial charge in [-0.25, -0.2) is 9.78 Å². The van der Waals surface area contributed by atoms with E-state index < -0.39 is 11.5 Å². The number of carbonyl (C=O) groups is 1. The Morgan fingerprint density at radius 3 is 2.71 bits per heavy atom. The molecule has 1 aliphatic rings. The number of aliphatic carboxylic acids is 1. The summed E-state index contributed by atoms with van der Waals surface area (Å²) in [6.45, 7) is 6.32. The molecule has 0 bridgehead atoms. The molecule has 1 fully saturated rings. The Morgan fingerprint density at radius 1 is 1.48 bits per heavy atom. The molecule has 2 rings (SSSR count). The number of hydrogen-bond acceptors (Lipinski definition) is 5. The predicted molar refractivity (Wildman–Crippen MR) is 79.6 cm³/mol. The highest BCUT2D eigenvalue weighted by atomic mass is 16.5. The van der Waals surface area contributed by atoms with Gasteiger partial charge in [-0.15, -0.1) is 0 Å². The number of aryl methyl sites for hydroxylation is 1. The molecule has 2 N–H and O–H groups in total. The topological polar surface area (TPSA) is 84.3 Å². The molecular formula is C15H23N3O3. The average Bonchev–Trinajstić information content (AvgIpc) is 2.41. The van der Waals surface area contributed by atoms with Gasteiger partial charge in [-0.1, -0.05) is 6.92 Å². The van der Waals surface area contributed by atoms with Crippen LogP contribution in [-0.4, -0.2) is 33.2 Å². The zero-order chi connectivity index (χ0) is 15.5. The average molecular weight is 293 g/mol. The molecular weight excluding hydrogens is 270 g/mol. The minimum atomic E-state index is -0.934. The van der Waals surface area contributed by atoms with Crippen molar-refractivity contribution in [3.8, 4) is 5.88 Å². The van der Waals surface area contributed by atoms with Crippen LogP contribution in [0.25, 0.3) is 0 Å². The van der Waals surface area contributed by atoms with E-state index in [1.807, 2.05) is 6.92 Å². The van der Waals surface area contributed by atoms with Crippen molar-refractivity contribution in [1.82, 2.24) is 9.97 Å². The normalized spacial score (nSPS) is 25.4. The summed E-state index contributed by atoms with van der Waals surface area (Å²) >= 11 is 0. The fourth-order valence-corrected chi connectivity index (χ4v) is 2.72. The van der Waals surface area contributed by atoms with Crippen LogP contribution in [0.15, 0.2) is 6.07 Å². The number of nitrogens with zero attached hydrogens (tertiary/aromatic N) is 2. The van der Waals surface area contributed by atoms with Crippen molar-refractivity contribution in [3.63, 3.8) is 0 Å². The minimum absolute atomic E-state index is 0.470. The van der Waals surface area contributed by atoms with E-state index in [4.69, 9.17) is 4.74 Å². The lowest BCUT2D eigenvalue weighted by atomic mass is 9.77. The molecule has 1 saturated carbocycles. The fourth-order valence-electron chi connectivity index (χ4n) is 2.72. The van der Waals surface area contributed by atoms with Crippen molar-refractivity contribution in [2.45, 2.75) is 52.0 Å². The van der Waals surface area contributed by atoms with Crippen LogP contribution in [-0.2, 0) is 4.79 Å². The zero-order valence-electron chi connectivity index (χ0n) is 12.8. The monoisotopic (exact) mass is 293 g/mol. The molecule has 0 unspecified atom stereocenters. The maximum absolute atomic E-state index is 11.7. The van der Waals surface area contributed by atoms with Crippen molar-refractivity contribution < 1.29 is 14.6 Å². The van der Waals surface area contributed by atoms with Gasteiger partial charge in [-0.3, -0.25) is 0 Å². The lowest BCUT2D eigenvalue weighted by Gasteiger charge is -2.36. The van der Waals surface area contributed by atoms with Gasteiger partial charge in [-0.2, -0.15) is 4.98 Å². The minimum Gasteiger partial charge on any atom is -0.480 e. The van der Waals surface area contributed by atoms with Crippen molar-refractivity contribution in [2.75, 3.05) is 11.9 Å². The van der Waals surface area contributed by atoms with E-state index in [1.54, 1.807) is 13.0 Å². The molecule has 0 aliphatic heterocycles. The van der Waals surface area contributed by atoms with E-state index >= 15 is 0 Å². The Balaban J connectivity index is 2.23. The molecule has 21 heavy (non-hydrogen) atoms. The second-order valence-corrected chi connectivity index (χ2v) is 5.77. The highest BCUT2D eigenvalue weighted by Gasteiger charge is 2.41. The summed E-state index contributed by atoms with van der Waals surface area (Å²) in [6, 6.07) is 1.67. The summed E-state index contributed by atoms with van der Waals surface area (Å²) in [5, 5.41) is 12.8. The molecule has 0 saturated heterocycles. The molecule has 1 aromatic heterocycles. The molecule has 0 spiro atoms. The molecule has 6 heteroatoms. The lowest BCUT2D eigenvalue weighted by molar-refractivity contribution is -0.143. The van der Waals surface area contributed by atoms with Crippen LogP contribution in [0.4, 0.5) is 5.82 Å². The second-order valence-electron chi connectivity index (χ2n) is 5.77. The summed E-state index contributed by atoms with van der Waals surface area (Å²) in [4.78, 5) is 20.2. The van der Waals surface area contributed by atoms with Gasteiger partial charge in [0, 0.05) is 6.07 Å². The largest absolute Gasteiger partial charge is 0.480 e. The van der Waals surface area contributed by atoms with Gasteiger partial charge in [0.1, 0.15) is 17.2 Å². The first kappa shape index (κ1) is 15.5. The first-order valence-corrected chi connectivity index (χ1v) is 7.45. The van der Waals surface area contributed by atoms with Crippen LogP contribution >= 0.6 is 0 Å². The van der Waals surface area contributed by atoms with Crippen molar-refractivity contribution in [3.05, 3.63) is 11.9 Å². The zero-order valence-corrected chi connectivity index (χ0v) is 12.8. The summed E-state index contributed by atoms with van der Waals surface area (Å²) in [5.74, 6) is 1.31. The predicted octanol–water partition coefficient (Wildman–Crippen LogP) is 2.63. The second kappa shape index (κ2) is 6.28. The van der Waals surface area contributed by atoms with Crippen LogP contribution in [0.1, 0.15) is 45.4 Å². The Labute approximate surface area is 124 Å². The van der Waals surface area contributed by atoms with Gasteiger partial charge < -0.3 is 15.2 Å². The van der Waals surface area contributed by atoms with Crippen LogP contribution in [0, 0.1) is 12.8 Å². The van der Waals surface area contributed by atoms with Gasteiger partial charge >= 0.3 is 5.97 Å². The van der Waals surface area contributed by atoms with Crippen molar-refractivity contribution >= 4 is 11.8 Å². The maximum Gasteiger partial charge on any atom is 0.329 e. The highest BCUT2D eigenvalue weighted by molar-refractivity contribution is 5.82. The molecule has 1 aromatic rings. The third-order valence-electron chi connectivity index (χ3n) is 4.01. The van der Waals surface area contributed by atoms with E-state index in [9.17, 15) is 9.90 Å². The quantitative estimate of drug-likeness (QED) is 0.868.